The van der Waals surface area contributed by atoms with Gasteiger partial charge in [-0.05, 0) is 26.7 Å². The van der Waals surface area contributed by atoms with E-state index in [-0.39, 0.29) is 17.7 Å². The molecule has 0 bridgehead atoms. The van der Waals surface area contributed by atoms with Crippen LogP contribution in [0.15, 0.2) is 5.16 Å². The number of hydrogen-bond donors (Lipinski definition) is 1. The number of nitrogens with zero attached hydrogens (tertiary/aromatic N) is 5. The summed E-state index contributed by atoms with van der Waals surface area (Å²) in [6.45, 7) is 6.25. The Hall–Kier alpha value is -1.48. The summed E-state index contributed by atoms with van der Waals surface area (Å²) < 4.78 is 2.09. The number of thioether (sulfide) groups is 1. The molecule has 0 saturated heterocycles. The van der Waals surface area contributed by atoms with Crippen LogP contribution in [-0.2, 0) is 11.2 Å². The number of hydrogen-bond acceptors (Lipinski definition) is 7. The zero-order valence-electron chi connectivity index (χ0n) is 15.6. The zero-order chi connectivity index (χ0) is 18.5. The first-order chi connectivity index (χ1) is 12.6. The fraction of sp³-hybridized carbons (Fsp3) is 0.706. The Morgan fingerprint density at radius 1 is 1.23 bits per heavy atom. The summed E-state index contributed by atoms with van der Waals surface area (Å²) in [4.78, 5) is 12.3. The highest BCUT2D eigenvalue weighted by atomic mass is 32.2. The highest BCUT2D eigenvalue weighted by Crippen LogP contribution is 2.35. The molecule has 3 rings (SSSR count). The monoisotopic (exact) mass is 394 g/mol. The molecule has 1 aliphatic rings. The lowest BCUT2D eigenvalue weighted by molar-refractivity contribution is -0.113. The molecule has 0 aromatic carbocycles. The molecule has 1 aliphatic carbocycles. The first kappa shape index (κ1) is 19.3. The third-order valence-electron chi connectivity index (χ3n) is 4.54. The number of amides is 1. The van der Waals surface area contributed by atoms with E-state index < -0.39 is 0 Å². The molecule has 0 aliphatic heterocycles. The van der Waals surface area contributed by atoms with Crippen molar-refractivity contribution in [2.75, 3.05) is 11.1 Å². The van der Waals surface area contributed by atoms with E-state index >= 15 is 0 Å². The average molecular weight is 395 g/mol. The van der Waals surface area contributed by atoms with E-state index in [1.165, 1.54) is 55.2 Å². The van der Waals surface area contributed by atoms with E-state index in [1.807, 2.05) is 0 Å². The number of nitrogens with one attached hydrogen (secondary N) is 1. The van der Waals surface area contributed by atoms with Crippen molar-refractivity contribution in [2.24, 2.45) is 0 Å². The number of rotatable bonds is 7. The van der Waals surface area contributed by atoms with Crippen LogP contribution in [0.4, 0.5) is 5.13 Å². The molecule has 1 amide bonds. The summed E-state index contributed by atoms with van der Waals surface area (Å²) in [6, 6.07) is 0.270. The summed E-state index contributed by atoms with van der Waals surface area (Å²) in [5, 5.41) is 22.2. The van der Waals surface area contributed by atoms with Crippen molar-refractivity contribution in [2.45, 2.75) is 76.4 Å². The minimum atomic E-state index is -0.0855. The Kier molecular flexibility index (Phi) is 6.63. The third-order valence-corrected chi connectivity index (χ3v) is 6.49. The molecule has 1 saturated carbocycles. The second-order valence-corrected chi connectivity index (χ2v) is 8.78. The minimum absolute atomic E-state index is 0.0855. The fourth-order valence-electron chi connectivity index (χ4n) is 3.25. The van der Waals surface area contributed by atoms with Gasteiger partial charge in [0.1, 0.15) is 10.8 Å². The molecule has 0 atom stereocenters. The smallest absolute Gasteiger partial charge is 0.236 e. The maximum atomic E-state index is 12.3. The van der Waals surface area contributed by atoms with E-state index in [9.17, 15) is 4.79 Å². The van der Waals surface area contributed by atoms with Crippen LogP contribution in [0, 0.1) is 0 Å². The van der Waals surface area contributed by atoms with Gasteiger partial charge in [0.2, 0.25) is 11.0 Å². The second-order valence-electron chi connectivity index (χ2n) is 6.83. The highest BCUT2D eigenvalue weighted by molar-refractivity contribution is 7.99. The number of carbonyl (C=O) groups excluding carboxylic acids is 1. The second kappa shape index (κ2) is 8.94. The van der Waals surface area contributed by atoms with Gasteiger partial charge in [0, 0.05) is 18.4 Å². The average Bonchev–Trinajstić information content (AvgIpc) is 3.27. The SMILES string of the molecule is CCc1nnc(SCC(=O)Nc2nnc(C3CCCCC3)s2)n1C(C)C. The van der Waals surface area contributed by atoms with Gasteiger partial charge in [-0.25, -0.2) is 0 Å². The maximum Gasteiger partial charge on any atom is 0.236 e. The first-order valence-electron chi connectivity index (χ1n) is 9.28. The molecule has 26 heavy (non-hydrogen) atoms. The molecule has 2 aromatic rings. The number of aromatic nitrogens is 5. The maximum absolute atomic E-state index is 12.3. The molecule has 2 heterocycles. The Balaban J connectivity index is 1.55. The third kappa shape index (κ3) is 4.62. The largest absolute Gasteiger partial charge is 0.303 e. The van der Waals surface area contributed by atoms with Crippen LogP contribution < -0.4 is 5.32 Å². The van der Waals surface area contributed by atoms with Crippen LogP contribution in [0.5, 0.6) is 0 Å². The Morgan fingerprint density at radius 3 is 2.69 bits per heavy atom. The highest BCUT2D eigenvalue weighted by Gasteiger charge is 2.20. The van der Waals surface area contributed by atoms with Crippen molar-refractivity contribution in [1.29, 1.82) is 0 Å². The van der Waals surface area contributed by atoms with Gasteiger partial charge >= 0.3 is 0 Å². The molecular weight excluding hydrogens is 368 g/mol. The Bertz CT molecular complexity index is 735. The zero-order valence-corrected chi connectivity index (χ0v) is 17.2. The van der Waals surface area contributed by atoms with Gasteiger partial charge in [0.05, 0.1) is 5.75 Å². The lowest BCUT2D eigenvalue weighted by Gasteiger charge is -2.18. The van der Waals surface area contributed by atoms with Crippen molar-refractivity contribution in [3.05, 3.63) is 10.8 Å². The Morgan fingerprint density at radius 2 is 2.00 bits per heavy atom. The van der Waals surface area contributed by atoms with E-state index in [1.54, 1.807) is 0 Å². The summed E-state index contributed by atoms with van der Waals surface area (Å²) in [5.74, 6) is 1.66. The lowest BCUT2D eigenvalue weighted by atomic mass is 9.90. The predicted molar refractivity (Wildman–Crippen MR) is 105 cm³/mol. The lowest BCUT2D eigenvalue weighted by Crippen LogP contribution is -2.15. The molecule has 1 fully saturated rings. The van der Waals surface area contributed by atoms with Crippen molar-refractivity contribution >= 4 is 34.1 Å². The van der Waals surface area contributed by atoms with Gasteiger partial charge in [-0.3, -0.25) is 10.1 Å². The summed E-state index contributed by atoms with van der Waals surface area (Å²) in [7, 11) is 0. The van der Waals surface area contributed by atoms with Crippen LogP contribution in [-0.4, -0.2) is 36.6 Å². The van der Waals surface area contributed by atoms with E-state index in [4.69, 9.17) is 0 Å². The van der Waals surface area contributed by atoms with Crippen LogP contribution >= 0.6 is 23.1 Å². The van der Waals surface area contributed by atoms with Gasteiger partial charge in [0.25, 0.3) is 0 Å². The van der Waals surface area contributed by atoms with Crippen LogP contribution in [0.25, 0.3) is 0 Å². The van der Waals surface area contributed by atoms with E-state index in [0.717, 1.165) is 22.4 Å². The van der Waals surface area contributed by atoms with Crippen molar-refractivity contribution in [3.63, 3.8) is 0 Å². The molecule has 7 nitrogen and oxygen atoms in total. The van der Waals surface area contributed by atoms with Gasteiger partial charge < -0.3 is 4.57 Å². The molecule has 0 spiro atoms. The quantitative estimate of drug-likeness (QED) is 0.713. The van der Waals surface area contributed by atoms with Crippen LogP contribution in [0.2, 0.25) is 0 Å². The van der Waals surface area contributed by atoms with Gasteiger partial charge in [0.15, 0.2) is 5.16 Å². The van der Waals surface area contributed by atoms with Crippen molar-refractivity contribution in [3.8, 4) is 0 Å². The molecule has 1 N–H and O–H groups in total. The summed E-state index contributed by atoms with van der Waals surface area (Å²) in [6.07, 6.45) is 7.04. The fourth-order valence-corrected chi connectivity index (χ4v) is 5.07. The van der Waals surface area contributed by atoms with Crippen LogP contribution in [0.3, 0.4) is 0 Å². The molecule has 9 heteroatoms. The van der Waals surface area contributed by atoms with Gasteiger partial charge in [-0.1, -0.05) is 49.3 Å². The molecule has 0 radical (unpaired) electrons. The van der Waals surface area contributed by atoms with Crippen molar-refractivity contribution < 1.29 is 4.79 Å². The van der Waals surface area contributed by atoms with Gasteiger partial charge in [-0.2, -0.15) is 0 Å². The van der Waals surface area contributed by atoms with Crippen LogP contribution in [0.1, 0.15) is 75.7 Å². The number of aryl methyl sites for hydroxylation is 1. The molecule has 142 valence electrons. The Labute approximate surface area is 162 Å². The summed E-state index contributed by atoms with van der Waals surface area (Å²) >= 11 is 2.92. The first-order valence-corrected chi connectivity index (χ1v) is 11.1. The molecule has 0 unspecified atom stereocenters. The van der Waals surface area contributed by atoms with E-state index in [2.05, 4.69) is 51.0 Å². The summed E-state index contributed by atoms with van der Waals surface area (Å²) in [5.41, 5.74) is 0. The predicted octanol–water partition coefficient (Wildman–Crippen LogP) is 4.05. The standard InChI is InChI=1S/C17H26N6OS2/c1-4-13-19-22-17(23(13)11(2)3)25-10-14(24)18-16-21-20-15(26-16)12-8-6-5-7-9-12/h11-12H,4-10H2,1-3H3,(H,18,21,24). The number of carbonyl (C=O) groups is 1. The number of anilines is 1. The van der Waals surface area contributed by atoms with Crippen molar-refractivity contribution in [1.82, 2.24) is 25.0 Å². The van der Waals surface area contributed by atoms with E-state index in [0.29, 0.717) is 11.0 Å². The minimum Gasteiger partial charge on any atom is -0.303 e. The normalized spacial score (nSPS) is 15.5. The molecular formula is C17H26N6OS2. The molecule has 2 aromatic heterocycles. The topological polar surface area (TPSA) is 85.6 Å². The van der Waals surface area contributed by atoms with Gasteiger partial charge in [-0.15, -0.1) is 20.4 Å².